The highest BCUT2D eigenvalue weighted by Gasteiger charge is 2.22. The Kier molecular flexibility index (Phi) is 6.10. The fourth-order valence-electron chi connectivity index (χ4n) is 4.70. The van der Waals surface area contributed by atoms with Crippen LogP contribution >= 0.6 is 0 Å². The van der Waals surface area contributed by atoms with E-state index in [-0.39, 0.29) is 5.91 Å². The van der Waals surface area contributed by atoms with E-state index in [9.17, 15) is 4.79 Å². The first-order valence-electron chi connectivity index (χ1n) is 12.6. The molecule has 1 N–H and O–H groups in total. The Hall–Kier alpha value is -5.29. The second-order valence-corrected chi connectivity index (χ2v) is 9.37. The first kappa shape index (κ1) is 24.1. The first-order valence-corrected chi connectivity index (χ1v) is 12.6. The highest BCUT2D eigenvalue weighted by atomic mass is 16.1. The molecule has 4 aromatic heterocycles. The van der Waals surface area contributed by atoms with Crippen molar-refractivity contribution in [2.45, 2.75) is 19.9 Å². The molecule has 1 atom stereocenters. The van der Waals surface area contributed by atoms with Crippen LogP contribution in [0.4, 0.5) is 0 Å². The third kappa shape index (κ3) is 4.62. The Balaban J connectivity index is 1.44. The van der Waals surface area contributed by atoms with E-state index in [2.05, 4.69) is 38.3 Å². The van der Waals surface area contributed by atoms with E-state index < -0.39 is 6.04 Å². The molecule has 0 saturated carbocycles. The molecule has 0 fully saturated rings. The smallest absolute Gasteiger partial charge is 0.257 e. The van der Waals surface area contributed by atoms with Crippen LogP contribution in [0.25, 0.3) is 27.7 Å². The standard InChI is InChI=1S/C31H25N7O/c1-20-28(30-32-14-15-38(30)19-33-20)31(39)35-21(2)29-26(23-8-5-4-6-9-23)16-25-24(10-7-11-27(25)36-29)13-12-22-17-34-37(3)18-22/h4-11,14-19,21H,1-3H3,(H,35,39)/t21-/m0/s1. The normalized spacial score (nSPS) is 11.8. The van der Waals surface area contributed by atoms with E-state index in [1.807, 2.05) is 75.6 Å². The highest BCUT2D eigenvalue weighted by Crippen LogP contribution is 2.32. The van der Waals surface area contributed by atoms with Crippen LogP contribution in [0.2, 0.25) is 0 Å². The van der Waals surface area contributed by atoms with E-state index in [1.165, 1.54) is 0 Å². The number of benzene rings is 2. The molecule has 1 amide bonds. The molecule has 0 aliphatic rings. The molecule has 190 valence electrons. The lowest BCUT2D eigenvalue weighted by atomic mass is 9.96. The maximum absolute atomic E-state index is 13.5. The van der Waals surface area contributed by atoms with E-state index >= 15 is 0 Å². The summed E-state index contributed by atoms with van der Waals surface area (Å²) in [5.41, 5.74) is 6.85. The van der Waals surface area contributed by atoms with Crippen molar-refractivity contribution >= 4 is 22.5 Å². The fraction of sp³-hybridized carbons (Fsp3) is 0.129. The maximum Gasteiger partial charge on any atom is 0.257 e. The lowest BCUT2D eigenvalue weighted by Gasteiger charge is -2.19. The molecule has 0 spiro atoms. The van der Waals surface area contributed by atoms with Gasteiger partial charge in [0, 0.05) is 42.2 Å². The molecule has 8 heteroatoms. The van der Waals surface area contributed by atoms with Crippen molar-refractivity contribution in [2.24, 2.45) is 7.05 Å². The minimum Gasteiger partial charge on any atom is -0.344 e. The van der Waals surface area contributed by atoms with Gasteiger partial charge in [0.1, 0.15) is 11.9 Å². The average Bonchev–Trinajstić information content (AvgIpc) is 3.60. The minimum absolute atomic E-state index is 0.249. The molecule has 6 aromatic rings. The average molecular weight is 512 g/mol. The van der Waals surface area contributed by atoms with E-state index in [4.69, 9.17) is 4.98 Å². The van der Waals surface area contributed by atoms with Gasteiger partial charge < -0.3 is 5.32 Å². The number of fused-ring (bicyclic) bond motifs is 2. The molecular formula is C31H25N7O. The van der Waals surface area contributed by atoms with Gasteiger partial charge in [-0.05, 0) is 37.6 Å². The number of aromatic nitrogens is 6. The number of carbonyl (C=O) groups excluding carboxylic acids is 1. The third-order valence-electron chi connectivity index (χ3n) is 6.63. The number of amides is 1. The summed E-state index contributed by atoms with van der Waals surface area (Å²) < 4.78 is 3.47. The van der Waals surface area contributed by atoms with E-state index in [1.54, 1.807) is 34.0 Å². The van der Waals surface area contributed by atoms with Crippen molar-refractivity contribution in [1.82, 2.24) is 34.4 Å². The molecule has 4 heterocycles. The van der Waals surface area contributed by atoms with Crippen LogP contribution in [0.15, 0.2) is 85.7 Å². The molecule has 39 heavy (non-hydrogen) atoms. The van der Waals surface area contributed by atoms with E-state index in [0.29, 0.717) is 16.9 Å². The Morgan fingerprint density at radius 2 is 1.90 bits per heavy atom. The minimum atomic E-state index is -0.392. The summed E-state index contributed by atoms with van der Waals surface area (Å²) in [6.07, 6.45) is 8.72. The Morgan fingerprint density at radius 3 is 2.69 bits per heavy atom. The molecule has 2 aromatic carbocycles. The molecule has 0 aliphatic heterocycles. The monoisotopic (exact) mass is 511 g/mol. The SMILES string of the molecule is Cc1ncn2ccnc2c1C(=O)N[C@@H](C)c1nc2cccc(C#Cc3cnn(C)c3)c2cc1-c1ccccc1. The first-order chi connectivity index (χ1) is 19.0. The Labute approximate surface area is 225 Å². The molecule has 0 aliphatic carbocycles. The zero-order valence-electron chi connectivity index (χ0n) is 21.8. The lowest BCUT2D eigenvalue weighted by Crippen LogP contribution is -2.29. The zero-order valence-corrected chi connectivity index (χ0v) is 21.8. The third-order valence-corrected chi connectivity index (χ3v) is 6.63. The lowest BCUT2D eigenvalue weighted by molar-refractivity contribution is 0.0939. The number of nitrogens with one attached hydrogen (secondary N) is 1. The quantitative estimate of drug-likeness (QED) is 0.341. The largest absolute Gasteiger partial charge is 0.344 e. The number of pyridine rings is 1. The predicted octanol–water partition coefficient (Wildman–Crippen LogP) is 4.88. The van der Waals surface area contributed by atoms with Gasteiger partial charge in [0.2, 0.25) is 0 Å². The number of aryl methyl sites for hydroxylation is 2. The maximum atomic E-state index is 13.5. The zero-order chi connectivity index (χ0) is 26.9. The summed E-state index contributed by atoms with van der Waals surface area (Å²) in [7, 11) is 1.87. The number of nitrogens with zero attached hydrogens (tertiary/aromatic N) is 6. The predicted molar refractivity (Wildman–Crippen MR) is 150 cm³/mol. The van der Waals surface area contributed by atoms with Gasteiger partial charge in [0.25, 0.3) is 5.91 Å². The molecule has 0 saturated heterocycles. The van der Waals surface area contributed by atoms with Crippen molar-refractivity contribution in [1.29, 1.82) is 0 Å². The van der Waals surface area contributed by atoms with Crippen LogP contribution in [-0.2, 0) is 7.05 Å². The fourth-order valence-corrected chi connectivity index (χ4v) is 4.70. The molecule has 6 rings (SSSR count). The second-order valence-electron chi connectivity index (χ2n) is 9.37. The van der Waals surface area contributed by atoms with Crippen LogP contribution < -0.4 is 5.32 Å². The van der Waals surface area contributed by atoms with Gasteiger partial charge >= 0.3 is 0 Å². The van der Waals surface area contributed by atoms with Gasteiger partial charge in [0.05, 0.1) is 34.7 Å². The summed E-state index contributed by atoms with van der Waals surface area (Å²) in [4.78, 5) is 27.3. The highest BCUT2D eigenvalue weighted by molar-refractivity contribution is 6.01. The number of hydrogen-bond acceptors (Lipinski definition) is 5. The molecule has 0 radical (unpaired) electrons. The molecule has 0 bridgehead atoms. The van der Waals surface area contributed by atoms with Crippen molar-refractivity contribution in [3.05, 3.63) is 114 Å². The Bertz CT molecular complexity index is 1910. The van der Waals surface area contributed by atoms with Crippen molar-refractivity contribution in [2.75, 3.05) is 0 Å². The van der Waals surface area contributed by atoms with Gasteiger partial charge in [-0.15, -0.1) is 0 Å². The summed E-state index contributed by atoms with van der Waals surface area (Å²) >= 11 is 0. The number of carbonyl (C=O) groups is 1. The summed E-state index contributed by atoms with van der Waals surface area (Å²) in [6, 6.07) is 17.7. The molecule has 0 unspecified atom stereocenters. The second kappa shape index (κ2) is 9.88. The van der Waals surface area contributed by atoms with Gasteiger partial charge in [-0.3, -0.25) is 13.9 Å². The topological polar surface area (TPSA) is 90.0 Å². The Morgan fingerprint density at radius 1 is 1.05 bits per heavy atom. The van der Waals surface area contributed by atoms with Crippen LogP contribution in [0, 0.1) is 18.8 Å². The van der Waals surface area contributed by atoms with E-state index in [0.717, 1.165) is 38.9 Å². The molecular weight excluding hydrogens is 486 g/mol. The molecule has 8 nitrogen and oxygen atoms in total. The van der Waals surface area contributed by atoms with Crippen LogP contribution in [0.3, 0.4) is 0 Å². The summed E-state index contributed by atoms with van der Waals surface area (Å²) in [6.45, 7) is 3.75. The van der Waals surface area contributed by atoms with Gasteiger partial charge in [-0.2, -0.15) is 5.10 Å². The van der Waals surface area contributed by atoms with Crippen molar-refractivity contribution in [3.8, 4) is 23.0 Å². The number of imidazole rings is 1. The van der Waals surface area contributed by atoms with Crippen LogP contribution in [0.1, 0.15) is 45.8 Å². The van der Waals surface area contributed by atoms with Crippen LogP contribution in [-0.4, -0.2) is 35.0 Å². The summed E-state index contributed by atoms with van der Waals surface area (Å²) in [5.74, 6) is 6.24. The van der Waals surface area contributed by atoms with Gasteiger partial charge in [-0.25, -0.2) is 15.0 Å². The van der Waals surface area contributed by atoms with Gasteiger partial charge in [0.15, 0.2) is 5.65 Å². The number of rotatable bonds is 4. The van der Waals surface area contributed by atoms with Crippen LogP contribution in [0.5, 0.6) is 0 Å². The summed E-state index contributed by atoms with van der Waals surface area (Å²) in [5, 5.41) is 8.28. The van der Waals surface area contributed by atoms with Gasteiger partial charge in [-0.1, -0.05) is 48.2 Å². The number of hydrogen-bond donors (Lipinski definition) is 1. The van der Waals surface area contributed by atoms with Crippen molar-refractivity contribution in [3.63, 3.8) is 0 Å². The van der Waals surface area contributed by atoms with Crippen molar-refractivity contribution < 1.29 is 4.79 Å².